The molecule has 0 aliphatic heterocycles. The summed E-state index contributed by atoms with van der Waals surface area (Å²) < 4.78 is 17.5. The maximum absolute atomic E-state index is 13.1. The summed E-state index contributed by atoms with van der Waals surface area (Å²) in [5, 5.41) is 9.99. The van der Waals surface area contributed by atoms with Crippen molar-refractivity contribution in [2.75, 3.05) is 7.11 Å². The molecule has 0 amide bonds. The molecule has 5 heteroatoms. The fourth-order valence-electron chi connectivity index (χ4n) is 1.49. The monoisotopic (exact) mass is 227 g/mol. The van der Waals surface area contributed by atoms with E-state index in [4.69, 9.17) is 5.73 Å². The Kier molecular flexibility index (Phi) is 3.62. The molecule has 0 saturated carbocycles. The van der Waals surface area contributed by atoms with Crippen molar-refractivity contribution in [3.05, 3.63) is 35.1 Å². The van der Waals surface area contributed by atoms with Crippen LogP contribution in [0.3, 0.4) is 0 Å². The van der Waals surface area contributed by atoms with Gasteiger partial charge < -0.3 is 15.6 Å². The number of esters is 1. The second-order valence-electron chi connectivity index (χ2n) is 3.57. The molecule has 1 aromatic carbocycles. The standard InChI is InChI=1S/C11H14FNO3/c1-11(15,10(14)16-2)9-5-8(12)4-3-7(9)6-13/h3-5,15H,6,13H2,1-2H3. The molecular formula is C11H14FNO3. The van der Waals surface area contributed by atoms with Gasteiger partial charge in [0.25, 0.3) is 0 Å². The molecule has 4 nitrogen and oxygen atoms in total. The SMILES string of the molecule is COC(=O)C(C)(O)c1cc(F)ccc1CN. The Hall–Kier alpha value is -1.46. The van der Waals surface area contributed by atoms with Gasteiger partial charge in [-0.15, -0.1) is 0 Å². The lowest BCUT2D eigenvalue weighted by Crippen LogP contribution is -2.34. The Bertz CT molecular complexity index is 404. The van der Waals surface area contributed by atoms with Gasteiger partial charge in [0.05, 0.1) is 7.11 Å². The van der Waals surface area contributed by atoms with Crippen LogP contribution in [0.15, 0.2) is 18.2 Å². The van der Waals surface area contributed by atoms with Crippen LogP contribution in [0.4, 0.5) is 4.39 Å². The zero-order chi connectivity index (χ0) is 12.3. The highest BCUT2D eigenvalue weighted by Crippen LogP contribution is 2.26. The van der Waals surface area contributed by atoms with Gasteiger partial charge in [0.1, 0.15) is 5.82 Å². The first-order valence-corrected chi connectivity index (χ1v) is 4.73. The molecule has 3 N–H and O–H groups in total. The molecule has 0 aliphatic rings. The van der Waals surface area contributed by atoms with E-state index in [1.54, 1.807) is 0 Å². The van der Waals surface area contributed by atoms with E-state index in [-0.39, 0.29) is 12.1 Å². The van der Waals surface area contributed by atoms with Crippen molar-refractivity contribution < 1.29 is 19.0 Å². The molecule has 1 unspecified atom stereocenters. The summed E-state index contributed by atoms with van der Waals surface area (Å²) >= 11 is 0. The fraction of sp³-hybridized carbons (Fsp3) is 0.364. The molecule has 1 atom stereocenters. The Morgan fingerprint density at radius 3 is 2.75 bits per heavy atom. The lowest BCUT2D eigenvalue weighted by atomic mass is 9.91. The summed E-state index contributed by atoms with van der Waals surface area (Å²) in [6, 6.07) is 3.74. The minimum Gasteiger partial charge on any atom is -0.467 e. The van der Waals surface area contributed by atoms with Gasteiger partial charge in [0.15, 0.2) is 5.60 Å². The van der Waals surface area contributed by atoms with Crippen LogP contribution in [0.5, 0.6) is 0 Å². The van der Waals surface area contributed by atoms with E-state index in [2.05, 4.69) is 4.74 Å². The zero-order valence-corrected chi connectivity index (χ0v) is 9.16. The van der Waals surface area contributed by atoms with E-state index in [1.807, 2.05) is 0 Å². The van der Waals surface area contributed by atoms with Gasteiger partial charge in [-0.3, -0.25) is 0 Å². The normalized spacial score (nSPS) is 14.3. The van der Waals surface area contributed by atoms with Crippen molar-refractivity contribution >= 4 is 5.97 Å². The molecule has 0 radical (unpaired) electrons. The van der Waals surface area contributed by atoms with Crippen molar-refractivity contribution in [2.45, 2.75) is 19.1 Å². The minimum atomic E-state index is -1.90. The second-order valence-corrected chi connectivity index (χ2v) is 3.57. The van der Waals surface area contributed by atoms with Crippen molar-refractivity contribution in [2.24, 2.45) is 5.73 Å². The van der Waals surface area contributed by atoms with Gasteiger partial charge in [-0.1, -0.05) is 6.07 Å². The summed E-state index contributed by atoms with van der Waals surface area (Å²) in [4.78, 5) is 11.4. The third-order valence-corrected chi connectivity index (χ3v) is 2.40. The average molecular weight is 227 g/mol. The summed E-state index contributed by atoms with van der Waals surface area (Å²) in [5.74, 6) is -1.40. The second kappa shape index (κ2) is 4.59. The van der Waals surface area contributed by atoms with Gasteiger partial charge in [-0.25, -0.2) is 9.18 Å². The highest BCUT2D eigenvalue weighted by molar-refractivity contribution is 5.81. The van der Waals surface area contributed by atoms with Gasteiger partial charge in [-0.05, 0) is 24.6 Å². The number of methoxy groups -OCH3 is 1. The number of halogens is 1. The molecule has 16 heavy (non-hydrogen) atoms. The number of rotatable bonds is 3. The number of carbonyl (C=O) groups is 1. The van der Waals surface area contributed by atoms with Gasteiger partial charge >= 0.3 is 5.97 Å². The van der Waals surface area contributed by atoms with Gasteiger partial charge in [0, 0.05) is 12.1 Å². The van der Waals surface area contributed by atoms with Crippen LogP contribution in [0, 0.1) is 5.82 Å². The van der Waals surface area contributed by atoms with Crippen LogP contribution in [0.25, 0.3) is 0 Å². The van der Waals surface area contributed by atoms with Crippen LogP contribution < -0.4 is 5.73 Å². The number of benzene rings is 1. The van der Waals surface area contributed by atoms with Crippen molar-refractivity contribution in [1.82, 2.24) is 0 Å². The number of carbonyl (C=O) groups excluding carboxylic acids is 1. The summed E-state index contributed by atoms with van der Waals surface area (Å²) in [6.07, 6.45) is 0. The molecule has 0 spiro atoms. The Labute approximate surface area is 92.8 Å². The first-order chi connectivity index (χ1) is 7.43. The van der Waals surface area contributed by atoms with Crippen LogP contribution in [-0.2, 0) is 21.7 Å². The van der Waals surface area contributed by atoms with Gasteiger partial charge in [-0.2, -0.15) is 0 Å². The molecule has 0 fully saturated rings. The number of nitrogens with two attached hydrogens (primary N) is 1. The largest absolute Gasteiger partial charge is 0.467 e. The molecule has 0 saturated heterocycles. The maximum Gasteiger partial charge on any atom is 0.342 e. The first-order valence-electron chi connectivity index (χ1n) is 4.73. The minimum absolute atomic E-state index is 0.1000. The van der Waals surface area contributed by atoms with Crippen LogP contribution >= 0.6 is 0 Å². The molecule has 0 bridgehead atoms. The Morgan fingerprint density at radius 2 is 2.25 bits per heavy atom. The summed E-state index contributed by atoms with van der Waals surface area (Å²) in [6.45, 7) is 1.34. The van der Waals surface area contributed by atoms with Crippen LogP contribution in [-0.4, -0.2) is 18.2 Å². The third kappa shape index (κ3) is 2.20. The van der Waals surface area contributed by atoms with E-state index in [0.29, 0.717) is 5.56 Å². The smallest absolute Gasteiger partial charge is 0.342 e. The highest BCUT2D eigenvalue weighted by Gasteiger charge is 2.35. The zero-order valence-electron chi connectivity index (χ0n) is 9.16. The van der Waals surface area contributed by atoms with Crippen molar-refractivity contribution in [1.29, 1.82) is 0 Å². The lowest BCUT2D eigenvalue weighted by Gasteiger charge is -2.23. The topological polar surface area (TPSA) is 72.5 Å². The molecule has 1 rings (SSSR count). The predicted octanol–water partition coefficient (Wildman–Crippen LogP) is 0.665. The molecule has 1 aromatic rings. The van der Waals surface area contributed by atoms with Crippen LogP contribution in [0.1, 0.15) is 18.1 Å². The highest BCUT2D eigenvalue weighted by atomic mass is 19.1. The number of aliphatic hydroxyl groups is 1. The maximum atomic E-state index is 13.1. The molecule has 88 valence electrons. The summed E-state index contributed by atoms with van der Waals surface area (Å²) in [5.41, 5.74) is 4.18. The molecule has 0 aliphatic carbocycles. The Morgan fingerprint density at radius 1 is 1.62 bits per heavy atom. The van der Waals surface area contributed by atoms with Gasteiger partial charge in [0.2, 0.25) is 0 Å². The van der Waals surface area contributed by atoms with Crippen molar-refractivity contribution in [3.8, 4) is 0 Å². The first kappa shape index (κ1) is 12.6. The third-order valence-electron chi connectivity index (χ3n) is 2.40. The lowest BCUT2D eigenvalue weighted by molar-refractivity contribution is -0.161. The number of hydrogen-bond acceptors (Lipinski definition) is 4. The molecule has 0 aromatic heterocycles. The van der Waals surface area contributed by atoms with E-state index < -0.39 is 17.4 Å². The van der Waals surface area contributed by atoms with Crippen LogP contribution in [0.2, 0.25) is 0 Å². The summed E-state index contributed by atoms with van der Waals surface area (Å²) in [7, 11) is 1.15. The quantitative estimate of drug-likeness (QED) is 0.744. The van der Waals surface area contributed by atoms with E-state index in [9.17, 15) is 14.3 Å². The van der Waals surface area contributed by atoms with E-state index in [1.165, 1.54) is 19.1 Å². The predicted molar refractivity (Wildman–Crippen MR) is 55.9 cm³/mol. The molecule has 0 heterocycles. The number of ether oxygens (including phenoxy) is 1. The van der Waals surface area contributed by atoms with E-state index in [0.717, 1.165) is 13.2 Å². The number of hydrogen-bond donors (Lipinski definition) is 2. The average Bonchev–Trinajstić information content (AvgIpc) is 2.27. The molecular weight excluding hydrogens is 213 g/mol. The Balaban J connectivity index is 3.30. The fourth-order valence-corrected chi connectivity index (χ4v) is 1.49. The van der Waals surface area contributed by atoms with E-state index >= 15 is 0 Å². The van der Waals surface area contributed by atoms with Crippen molar-refractivity contribution in [3.63, 3.8) is 0 Å².